The summed E-state index contributed by atoms with van der Waals surface area (Å²) in [4.78, 5) is 44.1. The number of piperazine rings is 1. The van der Waals surface area contributed by atoms with Gasteiger partial charge in [-0.15, -0.1) is 0 Å². The molecule has 2 bridgehead atoms. The molecule has 1 amide bonds. The second-order valence-corrected chi connectivity index (χ2v) is 12.1. The summed E-state index contributed by atoms with van der Waals surface area (Å²) in [5, 5.41) is 0.290. The predicted octanol–water partition coefficient (Wildman–Crippen LogP) is 5.57. The van der Waals surface area contributed by atoms with Crippen molar-refractivity contribution in [2.75, 3.05) is 24.5 Å². The summed E-state index contributed by atoms with van der Waals surface area (Å²) in [5.41, 5.74) is 1.26. The van der Waals surface area contributed by atoms with E-state index in [1.807, 2.05) is 38.7 Å². The zero-order valence-electron chi connectivity index (χ0n) is 25.9. The molecule has 0 radical (unpaired) electrons. The number of halogens is 2. The number of fused-ring (bicyclic) bond motifs is 5. The van der Waals surface area contributed by atoms with Crippen molar-refractivity contribution in [3.05, 3.63) is 82.6 Å². The fourth-order valence-electron chi connectivity index (χ4n) is 6.39. The summed E-state index contributed by atoms with van der Waals surface area (Å²) < 4.78 is 39.4. The number of hydrogen-bond acceptors (Lipinski definition) is 7. The number of benzene rings is 1. The lowest BCUT2D eigenvalue weighted by Gasteiger charge is -2.40. The summed E-state index contributed by atoms with van der Waals surface area (Å²) in [6.07, 6.45) is 4.68. The fraction of sp³-hybridized carbons (Fsp3) is 0.382. The molecule has 9 nitrogen and oxygen atoms in total. The molecule has 5 heterocycles. The van der Waals surface area contributed by atoms with Gasteiger partial charge in [0, 0.05) is 31.9 Å². The SMILES string of the molecule is C=CC(=O)N1CCN(c2nc(=O)n3c4nc(c(F)cc24)-c2c(F)cccc2O[C@@H](C)CCCc2ccnc(C(C)C)c2-3)[C@@H](C)C1. The molecule has 2 aliphatic heterocycles. The first-order chi connectivity index (χ1) is 21.6. The number of nitrogens with zero attached hydrogens (tertiary/aromatic N) is 6. The van der Waals surface area contributed by atoms with Gasteiger partial charge in [-0.25, -0.2) is 23.1 Å². The van der Waals surface area contributed by atoms with Crippen molar-refractivity contribution in [2.24, 2.45) is 0 Å². The molecule has 11 heteroatoms. The van der Waals surface area contributed by atoms with Gasteiger partial charge in [0.2, 0.25) is 5.91 Å². The van der Waals surface area contributed by atoms with Crippen molar-refractivity contribution < 1.29 is 18.3 Å². The average Bonchev–Trinajstić information content (AvgIpc) is 3.01. The summed E-state index contributed by atoms with van der Waals surface area (Å²) >= 11 is 0. The Kier molecular flexibility index (Phi) is 8.11. The van der Waals surface area contributed by atoms with Crippen LogP contribution in [0.2, 0.25) is 0 Å². The minimum Gasteiger partial charge on any atom is -0.490 e. The monoisotopic (exact) mass is 614 g/mol. The zero-order chi connectivity index (χ0) is 32.0. The summed E-state index contributed by atoms with van der Waals surface area (Å²) in [5.74, 6) is -1.29. The van der Waals surface area contributed by atoms with Gasteiger partial charge in [-0.3, -0.25) is 9.78 Å². The van der Waals surface area contributed by atoms with E-state index >= 15 is 8.78 Å². The number of aromatic nitrogens is 4. The Bertz CT molecular complexity index is 1870. The third-order valence-electron chi connectivity index (χ3n) is 8.59. The minimum atomic E-state index is -0.781. The number of carbonyl (C=O) groups is 1. The molecule has 0 N–H and O–H groups in total. The molecule has 0 saturated carbocycles. The van der Waals surface area contributed by atoms with Crippen LogP contribution in [-0.2, 0) is 11.2 Å². The highest BCUT2D eigenvalue weighted by atomic mass is 19.1. The first-order valence-electron chi connectivity index (χ1n) is 15.3. The maximum absolute atomic E-state index is 16.3. The second kappa shape index (κ2) is 12.0. The van der Waals surface area contributed by atoms with E-state index in [1.165, 1.54) is 28.8 Å². The molecule has 2 aliphatic rings. The molecule has 1 saturated heterocycles. The van der Waals surface area contributed by atoms with Crippen LogP contribution in [0, 0.1) is 11.6 Å². The molecule has 0 aliphatic carbocycles. The Hall–Kier alpha value is -4.67. The number of carbonyl (C=O) groups excluding carboxylic acids is 1. The Morgan fingerprint density at radius 3 is 2.67 bits per heavy atom. The van der Waals surface area contributed by atoms with E-state index in [9.17, 15) is 9.59 Å². The van der Waals surface area contributed by atoms with Crippen LogP contribution in [0.4, 0.5) is 14.6 Å². The molecule has 0 spiro atoms. The van der Waals surface area contributed by atoms with Crippen LogP contribution >= 0.6 is 0 Å². The standard InChI is InChI=1S/C34H36F2N6O3/c1-6-27(43)40-15-16-41(20(4)18-40)32-23-17-25(36)30-28-24(35)11-8-12-26(28)45-21(5)9-7-10-22-13-14-37-29(19(2)3)31(22)42(33(23)38-30)34(44)39-32/h6,8,11-14,17,19-21H,1,7,9-10,15-16,18H2,2-5H3/t20-,21-/m0/s1. The fourth-order valence-corrected chi connectivity index (χ4v) is 6.39. The zero-order valence-corrected chi connectivity index (χ0v) is 25.9. The van der Waals surface area contributed by atoms with E-state index in [-0.39, 0.29) is 57.8 Å². The Morgan fingerprint density at radius 1 is 1.13 bits per heavy atom. The highest BCUT2D eigenvalue weighted by molar-refractivity contribution is 5.91. The average molecular weight is 615 g/mol. The maximum Gasteiger partial charge on any atom is 0.355 e. The highest BCUT2D eigenvalue weighted by Crippen LogP contribution is 2.38. The van der Waals surface area contributed by atoms with Crippen LogP contribution in [0.15, 0.2) is 54.0 Å². The minimum absolute atomic E-state index is 0.0619. The van der Waals surface area contributed by atoms with Crippen LogP contribution in [-0.4, -0.2) is 62.1 Å². The molecule has 4 aromatic rings. The van der Waals surface area contributed by atoms with E-state index in [0.717, 1.165) is 5.56 Å². The van der Waals surface area contributed by atoms with Gasteiger partial charge in [0.15, 0.2) is 11.5 Å². The van der Waals surface area contributed by atoms with E-state index in [4.69, 9.17) is 9.72 Å². The quantitative estimate of drug-likeness (QED) is 0.279. The first-order valence-corrected chi connectivity index (χ1v) is 15.3. The number of rotatable bonds is 3. The van der Waals surface area contributed by atoms with Crippen LogP contribution in [0.3, 0.4) is 0 Å². The molecular formula is C34H36F2N6O3. The van der Waals surface area contributed by atoms with Gasteiger partial charge < -0.3 is 14.5 Å². The van der Waals surface area contributed by atoms with Crippen molar-refractivity contribution in [1.29, 1.82) is 0 Å². The first kappa shape index (κ1) is 30.4. The van der Waals surface area contributed by atoms with Crippen LogP contribution in [0.1, 0.15) is 57.7 Å². The number of ether oxygens (including phenoxy) is 1. The van der Waals surface area contributed by atoms with Crippen molar-refractivity contribution in [3.8, 4) is 22.7 Å². The molecule has 3 aromatic heterocycles. The van der Waals surface area contributed by atoms with Crippen molar-refractivity contribution in [1.82, 2.24) is 24.4 Å². The Morgan fingerprint density at radius 2 is 1.93 bits per heavy atom. The molecule has 0 unspecified atom stereocenters. The maximum atomic E-state index is 16.3. The molecule has 234 valence electrons. The smallest absolute Gasteiger partial charge is 0.355 e. The topological polar surface area (TPSA) is 93.5 Å². The molecule has 45 heavy (non-hydrogen) atoms. The van der Waals surface area contributed by atoms with Gasteiger partial charge in [0.25, 0.3) is 0 Å². The van der Waals surface area contributed by atoms with Crippen LogP contribution in [0.25, 0.3) is 28.0 Å². The van der Waals surface area contributed by atoms with Gasteiger partial charge in [0.1, 0.15) is 23.1 Å². The number of pyridine rings is 2. The van der Waals surface area contributed by atoms with Crippen molar-refractivity contribution in [2.45, 2.75) is 65.0 Å². The van der Waals surface area contributed by atoms with Crippen molar-refractivity contribution >= 4 is 22.8 Å². The predicted molar refractivity (Wildman–Crippen MR) is 169 cm³/mol. The van der Waals surface area contributed by atoms with Gasteiger partial charge in [0.05, 0.1) is 28.4 Å². The van der Waals surface area contributed by atoms with E-state index < -0.39 is 17.3 Å². The van der Waals surface area contributed by atoms with E-state index in [0.29, 0.717) is 50.3 Å². The number of anilines is 1. The summed E-state index contributed by atoms with van der Waals surface area (Å²) in [7, 11) is 0. The molecular weight excluding hydrogens is 578 g/mol. The summed E-state index contributed by atoms with van der Waals surface area (Å²) in [6.45, 7) is 12.5. The number of aryl methyl sites for hydroxylation is 1. The lowest BCUT2D eigenvalue weighted by Crippen LogP contribution is -2.54. The lowest BCUT2D eigenvalue weighted by atomic mass is 9.99. The number of hydrogen-bond donors (Lipinski definition) is 0. The second-order valence-electron chi connectivity index (χ2n) is 12.1. The third-order valence-corrected chi connectivity index (χ3v) is 8.59. The Balaban J connectivity index is 1.69. The molecule has 1 fully saturated rings. The van der Waals surface area contributed by atoms with Gasteiger partial charge >= 0.3 is 5.69 Å². The van der Waals surface area contributed by atoms with Crippen molar-refractivity contribution in [3.63, 3.8) is 0 Å². The van der Waals surface area contributed by atoms with Crippen LogP contribution in [0.5, 0.6) is 5.75 Å². The highest BCUT2D eigenvalue weighted by Gasteiger charge is 2.31. The van der Waals surface area contributed by atoms with E-state index in [1.54, 1.807) is 17.2 Å². The number of amides is 1. The van der Waals surface area contributed by atoms with Gasteiger partial charge in [-0.2, -0.15) is 4.98 Å². The van der Waals surface area contributed by atoms with Gasteiger partial charge in [-0.1, -0.05) is 26.5 Å². The summed E-state index contributed by atoms with van der Waals surface area (Å²) in [6, 6.07) is 7.27. The Labute approximate surface area is 260 Å². The molecule has 1 aromatic carbocycles. The van der Waals surface area contributed by atoms with E-state index in [2.05, 4.69) is 16.5 Å². The molecule has 2 atom stereocenters. The normalized spacial score (nSPS) is 18.5. The lowest BCUT2D eigenvalue weighted by molar-refractivity contribution is -0.126. The van der Waals surface area contributed by atoms with Gasteiger partial charge in [-0.05, 0) is 74.9 Å². The third kappa shape index (κ3) is 5.44. The largest absolute Gasteiger partial charge is 0.490 e. The van der Waals surface area contributed by atoms with Crippen LogP contribution < -0.4 is 15.3 Å². The molecule has 6 rings (SSSR count).